The molecule has 0 aromatic heterocycles. The van der Waals surface area contributed by atoms with E-state index in [-0.39, 0.29) is 6.03 Å². The van der Waals surface area contributed by atoms with Crippen LogP contribution in [0.15, 0.2) is 12.3 Å². The fraction of sp³-hybridized carbons (Fsp3) is 0.812. The van der Waals surface area contributed by atoms with Gasteiger partial charge in [-0.25, -0.2) is 4.79 Å². The molecule has 3 nitrogen and oxygen atoms in total. The number of amides is 2. The molecule has 0 aliphatic heterocycles. The Hall–Kier alpha value is -0.990. The monoisotopic (exact) mass is 266 g/mol. The van der Waals surface area contributed by atoms with Crippen LogP contribution in [0.3, 0.4) is 0 Å². The van der Waals surface area contributed by atoms with E-state index in [1.165, 1.54) is 57.8 Å². The molecule has 3 heteroatoms. The molecule has 0 saturated heterocycles. The average Bonchev–Trinajstić information content (AvgIpc) is 2.31. The third-order valence-corrected chi connectivity index (χ3v) is 3.77. The molecular formula is C16H30N2O. The molecule has 1 aliphatic rings. The van der Waals surface area contributed by atoms with Crippen LogP contribution in [-0.2, 0) is 0 Å². The first-order chi connectivity index (χ1) is 9.18. The van der Waals surface area contributed by atoms with E-state index in [0.29, 0.717) is 11.7 Å². The number of nitrogens with one attached hydrogen (secondary N) is 2. The lowest BCUT2D eigenvalue weighted by Gasteiger charge is -2.20. The number of allylic oxidation sites excluding steroid dienone is 1. The molecule has 0 bridgehead atoms. The van der Waals surface area contributed by atoms with Gasteiger partial charge in [-0.1, -0.05) is 64.4 Å². The van der Waals surface area contributed by atoms with Crippen molar-refractivity contribution in [3.05, 3.63) is 12.3 Å². The largest absolute Gasteiger partial charge is 0.335 e. The molecule has 0 atom stereocenters. The summed E-state index contributed by atoms with van der Waals surface area (Å²) >= 11 is 0. The smallest absolute Gasteiger partial charge is 0.319 e. The molecular weight excluding hydrogens is 236 g/mol. The SMILES string of the molecule is C=C(C)NC(=O)NC1CCCCCCCCCCC1. The zero-order valence-electron chi connectivity index (χ0n) is 12.5. The molecule has 1 rings (SSSR count). The Bertz CT molecular complexity index is 264. The Kier molecular flexibility index (Phi) is 8.35. The summed E-state index contributed by atoms with van der Waals surface area (Å²) in [4.78, 5) is 11.7. The minimum atomic E-state index is -0.0930. The van der Waals surface area contributed by atoms with Crippen LogP contribution in [0.2, 0.25) is 0 Å². The van der Waals surface area contributed by atoms with Crippen LogP contribution in [0.5, 0.6) is 0 Å². The van der Waals surface area contributed by atoms with E-state index in [2.05, 4.69) is 17.2 Å². The van der Waals surface area contributed by atoms with Crippen molar-refractivity contribution in [1.29, 1.82) is 0 Å². The van der Waals surface area contributed by atoms with Gasteiger partial charge in [0.05, 0.1) is 0 Å². The quantitative estimate of drug-likeness (QED) is 0.759. The second kappa shape index (κ2) is 9.88. The number of hydrogen-bond acceptors (Lipinski definition) is 1. The molecule has 1 fully saturated rings. The minimum absolute atomic E-state index is 0.0930. The van der Waals surface area contributed by atoms with E-state index in [4.69, 9.17) is 0 Å². The van der Waals surface area contributed by atoms with Crippen LogP contribution in [0, 0.1) is 0 Å². The molecule has 0 spiro atoms. The Balaban J connectivity index is 2.33. The van der Waals surface area contributed by atoms with Gasteiger partial charge in [0.1, 0.15) is 0 Å². The number of urea groups is 1. The molecule has 0 radical (unpaired) electrons. The molecule has 19 heavy (non-hydrogen) atoms. The predicted molar refractivity (Wildman–Crippen MR) is 81.1 cm³/mol. The van der Waals surface area contributed by atoms with Gasteiger partial charge in [0.2, 0.25) is 0 Å². The van der Waals surface area contributed by atoms with E-state index < -0.39 is 0 Å². The van der Waals surface area contributed by atoms with Crippen molar-refractivity contribution in [2.24, 2.45) is 0 Å². The van der Waals surface area contributed by atoms with Crippen molar-refractivity contribution in [2.75, 3.05) is 0 Å². The highest BCUT2D eigenvalue weighted by molar-refractivity contribution is 5.75. The molecule has 2 amide bonds. The Morgan fingerprint density at radius 3 is 1.74 bits per heavy atom. The van der Waals surface area contributed by atoms with Crippen LogP contribution >= 0.6 is 0 Å². The molecule has 1 saturated carbocycles. The topological polar surface area (TPSA) is 41.1 Å². The summed E-state index contributed by atoms with van der Waals surface area (Å²) in [5.41, 5.74) is 0.700. The summed E-state index contributed by atoms with van der Waals surface area (Å²) in [5, 5.41) is 5.82. The van der Waals surface area contributed by atoms with Crippen molar-refractivity contribution in [3.8, 4) is 0 Å². The van der Waals surface area contributed by atoms with Gasteiger partial charge in [0.15, 0.2) is 0 Å². The summed E-state index contributed by atoms with van der Waals surface area (Å²) in [5.74, 6) is 0. The van der Waals surface area contributed by atoms with Gasteiger partial charge in [-0.3, -0.25) is 0 Å². The normalized spacial score (nSPS) is 19.8. The zero-order chi connectivity index (χ0) is 13.9. The Morgan fingerprint density at radius 1 is 0.895 bits per heavy atom. The first-order valence-electron chi connectivity index (χ1n) is 7.91. The maximum atomic E-state index is 11.7. The first-order valence-corrected chi connectivity index (χ1v) is 7.91. The highest BCUT2D eigenvalue weighted by Crippen LogP contribution is 2.16. The van der Waals surface area contributed by atoms with Crippen molar-refractivity contribution in [2.45, 2.75) is 83.6 Å². The van der Waals surface area contributed by atoms with Crippen molar-refractivity contribution in [1.82, 2.24) is 10.6 Å². The van der Waals surface area contributed by atoms with Crippen molar-refractivity contribution in [3.63, 3.8) is 0 Å². The second-order valence-electron chi connectivity index (χ2n) is 5.84. The predicted octanol–water partition coefficient (Wildman–Crippen LogP) is 4.49. The second-order valence-corrected chi connectivity index (χ2v) is 5.84. The van der Waals surface area contributed by atoms with E-state index >= 15 is 0 Å². The third-order valence-electron chi connectivity index (χ3n) is 3.77. The number of carbonyl (C=O) groups excluding carboxylic acids is 1. The Labute approximate surface area is 118 Å². The standard InChI is InChI=1S/C16H30N2O/c1-14(2)17-16(19)18-15-12-10-8-6-4-3-5-7-9-11-13-15/h15H,1,3-13H2,2H3,(H2,17,18,19). The van der Waals surface area contributed by atoms with Crippen LogP contribution < -0.4 is 10.6 Å². The molecule has 1 aliphatic carbocycles. The molecule has 0 unspecified atom stereocenters. The highest BCUT2D eigenvalue weighted by atomic mass is 16.2. The van der Waals surface area contributed by atoms with E-state index in [1.54, 1.807) is 6.92 Å². The maximum Gasteiger partial charge on any atom is 0.319 e. The number of rotatable bonds is 2. The molecule has 110 valence electrons. The summed E-state index contributed by atoms with van der Waals surface area (Å²) in [6.07, 6.45) is 14.2. The van der Waals surface area contributed by atoms with Gasteiger partial charge in [0.25, 0.3) is 0 Å². The molecule has 0 aromatic carbocycles. The molecule has 0 aromatic rings. The fourth-order valence-corrected chi connectivity index (χ4v) is 2.72. The van der Waals surface area contributed by atoms with E-state index in [9.17, 15) is 4.79 Å². The molecule has 2 N–H and O–H groups in total. The minimum Gasteiger partial charge on any atom is -0.335 e. The summed E-state index contributed by atoms with van der Waals surface area (Å²) in [6, 6.07) is 0.239. The third kappa shape index (κ3) is 8.68. The lowest BCUT2D eigenvalue weighted by atomic mass is 9.98. The highest BCUT2D eigenvalue weighted by Gasteiger charge is 2.12. The first kappa shape index (κ1) is 16.1. The Morgan fingerprint density at radius 2 is 1.32 bits per heavy atom. The van der Waals surface area contributed by atoms with Gasteiger partial charge < -0.3 is 10.6 Å². The van der Waals surface area contributed by atoms with Gasteiger partial charge >= 0.3 is 6.03 Å². The summed E-state index contributed by atoms with van der Waals surface area (Å²) in [7, 11) is 0. The van der Waals surface area contributed by atoms with Crippen LogP contribution in [0.25, 0.3) is 0 Å². The van der Waals surface area contributed by atoms with Crippen molar-refractivity contribution < 1.29 is 4.79 Å². The van der Waals surface area contributed by atoms with Crippen molar-refractivity contribution >= 4 is 6.03 Å². The van der Waals surface area contributed by atoms with Crippen LogP contribution in [-0.4, -0.2) is 12.1 Å². The number of hydrogen-bond donors (Lipinski definition) is 2. The number of carbonyl (C=O) groups is 1. The van der Waals surface area contributed by atoms with Gasteiger partial charge in [-0.15, -0.1) is 0 Å². The average molecular weight is 266 g/mol. The molecule has 0 heterocycles. The summed E-state index contributed by atoms with van der Waals surface area (Å²) in [6.45, 7) is 5.51. The fourth-order valence-electron chi connectivity index (χ4n) is 2.72. The lowest BCUT2D eigenvalue weighted by molar-refractivity contribution is 0.237. The maximum absolute atomic E-state index is 11.7. The van der Waals surface area contributed by atoms with E-state index in [1.807, 2.05) is 0 Å². The van der Waals surface area contributed by atoms with E-state index in [0.717, 1.165) is 12.8 Å². The van der Waals surface area contributed by atoms with Gasteiger partial charge in [0, 0.05) is 11.7 Å². The summed E-state index contributed by atoms with van der Waals surface area (Å²) < 4.78 is 0. The zero-order valence-corrected chi connectivity index (χ0v) is 12.5. The lowest BCUT2D eigenvalue weighted by Crippen LogP contribution is -2.41. The van der Waals surface area contributed by atoms with Crippen LogP contribution in [0.1, 0.15) is 77.6 Å². The van der Waals surface area contributed by atoms with Gasteiger partial charge in [-0.05, 0) is 19.8 Å². The van der Waals surface area contributed by atoms with Crippen LogP contribution in [0.4, 0.5) is 4.79 Å². The van der Waals surface area contributed by atoms with Gasteiger partial charge in [-0.2, -0.15) is 0 Å².